The van der Waals surface area contributed by atoms with Gasteiger partial charge in [-0.1, -0.05) is 6.42 Å². The summed E-state index contributed by atoms with van der Waals surface area (Å²) in [7, 11) is 1.79. The molecule has 0 N–H and O–H groups in total. The molecule has 4 atom stereocenters. The van der Waals surface area contributed by atoms with Crippen LogP contribution in [0.4, 0.5) is 10.5 Å². The molecule has 1 saturated carbocycles. The third-order valence-corrected chi connectivity index (χ3v) is 6.32. The van der Waals surface area contributed by atoms with Crippen LogP contribution in [0.25, 0.3) is 0 Å². The van der Waals surface area contributed by atoms with E-state index in [2.05, 4.69) is 5.10 Å². The van der Waals surface area contributed by atoms with Crippen LogP contribution in [-0.4, -0.2) is 62.6 Å². The first-order chi connectivity index (χ1) is 12.1. The van der Waals surface area contributed by atoms with Crippen molar-refractivity contribution in [1.29, 1.82) is 0 Å². The molecule has 4 aliphatic rings. The van der Waals surface area contributed by atoms with Gasteiger partial charge in [-0.05, 0) is 31.1 Å². The number of urea groups is 1. The molecule has 3 saturated heterocycles. The van der Waals surface area contributed by atoms with Crippen molar-refractivity contribution in [2.75, 3.05) is 18.0 Å². The second-order valence-electron chi connectivity index (χ2n) is 7.61. The Bertz CT molecular complexity index is 774. The number of fused-ring (bicyclic) bond motifs is 3. The van der Waals surface area contributed by atoms with Crippen LogP contribution in [0.2, 0.25) is 0 Å². The molecule has 0 bridgehead atoms. The van der Waals surface area contributed by atoms with E-state index >= 15 is 0 Å². The predicted molar refractivity (Wildman–Crippen MR) is 87.5 cm³/mol. The SMILES string of the molecule is Cn1cc(N2CCC(N3C(=O)[C@@H]4[C@@H]5CCC[C@@H]5CN4C3=O)C2=O)cn1. The molecule has 25 heavy (non-hydrogen) atoms. The Balaban J connectivity index is 1.40. The summed E-state index contributed by atoms with van der Waals surface area (Å²) in [6.45, 7) is 1.17. The summed E-state index contributed by atoms with van der Waals surface area (Å²) < 4.78 is 1.64. The first-order valence-electron chi connectivity index (χ1n) is 9.00. The fraction of sp³-hybridized carbons (Fsp3) is 0.647. The van der Waals surface area contributed by atoms with E-state index in [1.165, 1.54) is 4.90 Å². The van der Waals surface area contributed by atoms with Crippen LogP contribution in [0.1, 0.15) is 25.7 Å². The van der Waals surface area contributed by atoms with Crippen molar-refractivity contribution in [3.05, 3.63) is 12.4 Å². The molecule has 8 heteroatoms. The highest BCUT2D eigenvalue weighted by molar-refractivity contribution is 6.11. The van der Waals surface area contributed by atoms with Gasteiger partial charge >= 0.3 is 6.03 Å². The van der Waals surface area contributed by atoms with Crippen LogP contribution in [-0.2, 0) is 16.6 Å². The summed E-state index contributed by atoms with van der Waals surface area (Å²) in [6.07, 6.45) is 7.15. The van der Waals surface area contributed by atoms with Crippen molar-refractivity contribution < 1.29 is 14.4 Å². The Morgan fingerprint density at radius 1 is 1.12 bits per heavy atom. The van der Waals surface area contributed by atoms with Crippen molar-refractivity contribution in [1.82, 2.24) is 19.6 Å². The molecule has 0 radical (unpaired) electrons. The zero-order valence-corrected chi connectivity index (χ0v) is 14.2. The lowest BCUT2D eigenvalue weighted by Crippen LogP contribution is -2.47. The fourth-order valence-corrected chi connectivity index (χ4v) is 5.19. The predicted octanol–water partition coefficient (Wildman–Crippen LogP) is 0.588. The standard InChI is InChI=1S/C17H21N5O3/c1-19-9-11(7-18-19)20-6-5-13(15(20)23)22-16(24)14-12-4-2-3-10(12)8-21(14)17(22)25/h7,9-10,12-14H,2-6,8H2,1H3/t10-,12-,13?,14+/m1/s1. The summed E-state index contributed by atoms with van der Waals surface area (Å²) in [5, 5.41) is 4.10. The van der Waals surface area contributed by atoms with E-state index in [1.807, 2.05) is 0 Å². The smallest absolute Gasteiger partial charge is 0.312 e. The molecular weight excluding hydrogens is 322 g/mol. The molecule has 0 spiro atoms. The van der Waals surface area contributed by atoms with Crippen molar-refractivity contribution in [2.45, 2.75) is 37.8 Å². The van der Waals surface area contributed by atoms with Crippen molar-refractivity contribution in [2.24, 2.45) is 18.9 Å². The number of carbonyl (C=O) groups excluding carboxylic acids is 3. The molecule has 4 fully saturated rings. The molecule has 4 heterocycles. The molecule has 8 nitrogen and oxygen atoms in total. The average Bonchev–Trinajstić information content (AvgIpc) is 3.33. The number of rotatable bonds is 2. The largest absolute Gasteiger partial charge is 0.328 e. The number of nitrogens with zero attached hydrogens (tertiary/aromatic N) is 5. The molecular formula is C17H21N5O3. The van der Waals surface area contributed by atoms with Gasteiger partial charge < -0.3 is 9.80 Å². The number of imide groups is 1. The summed E-state index contributed by atoms with van der Waals surface area (Å²) in [6, 6.07) is -1.28. The molecule has 4 amide bonds. The Morgan fingerprint density at radius 2 is 1.96 bits per heavy atom. The second kappa shape index (κ2) is 5.06. The number of hydrogen-bond acceptors (Lipinski definition) is 4. The molecule has 5 rings (SSSR count). The normalized spacial score (nSPS) is 34.4. The molecule has 0 aromatic carbocycles. The zero-order valence-electron chi connectivity index (χ0n) is 14.2. The molecule has 1 aliphatic carbocycles. The quantitative estimate of drug-likeness (QED) is 0.736. The first-order valence-corrected chi connectivity index (χ1v) is 9.00. The number of hydrogen-bond donors (Lipinski definition) is 0. The number of aryl methyl sites for hydroxylation is 1. The molecule has 1 aromatic rings. The van der Waals surface area contributed by atoms with Crippen LogP contribution in [0.15, 0.2) is 12.4 Å². The van der Waals surface area contributed by atoms with Crippen LogP contribution < -0.4 is 4.90 Å². The van der Waals surface area contributed by atoms with Gasteiger partial charge in [0.05, 0.1) is 11.9 Å². The lowest BCUT2D eigenvalue weighted by atomic mass is 9.93. The monoisotopic (exact) mass is 343 g/mol. The fourth-order valence-electron chi connectivity index (χ4n) is 5.19. The summed E-state index contributed by atoms with van der Waals surface area (Å²) in [5.74, 6) is 0.406. The van der Waals surface area contributed by atoms with Crippen LogP contribution >= 0.6 is 0 Å². The molecule has 1 aromatic heterocycles. The summed E-state index contributed by atoms with van der Waals surface area (Å²) >= 11 is 0. The minimum atomic E-state index is -0.675. The van der Waals surface area contributed by atoms with Gasteiger partial charge in [0.1, 0.15) is 12.1 Å². The number of amides is 4. The van der Waals surface area contributed by atoms with E-state index in [9.17, 15) is 14.4 Å². The Hall–Kier alpha value is -2.38. The number of anilines is 1. The Kier molecular flexibility index (Phi) is 3.02. The maximum absolute atomic E-state index is 13.0. The Labute approximate surface area is 145 Å². The highest BCUT2D eigenvalue weighted by Gasteiger charge is 2.59. The van der Waals surface area contributed by atoms with E-state index in [1.54, 1.807) is 33.9 Å². The summed E-state index contributed by atoms with van der Waals surface area (Å²) in [5.41, 5.74) is 0.713. The van der Waals surface area contributed by atoms with Gasteiger partial charge in [0.25, 0.3) is 11.8 Å². The lowest BCUT2D eigenvalue weighted by Gasteiger charge is -2.23. The minimum Gasteiger partial charge on any atom is -0.312 e. The third-order valence-electron chi connectivity index (χ3n) is 6.32. The van der Waals surface area contributed by atoms with Crippen LogP contribution in [0.5, 0.6) is 0 Å². The van der Waals surface area contributed by atoms with Gasteiger partial charge in [0, 0.05) is 26.3 Å². The van der Waals surface area contributed by atoms with E-state index in [0.717, 1.165) is 19.3 Å². The van der Waals surface area contributed by atoms with Crippen LogP contribution in [0, 0.1) is 11.8 Å². The molecule has 1 unspecified atom stereocenters. The van der Waals surface area contributed by atoms with Crippen LogP contribution in [0.3, 0.4) is 0 Å². The van der Waals surface area contributed by atoms with Gasteiger partial charge in [-0.15, -0.1) is 0 Å². The van der Waals surface area contributed by atoms with Gasteiger partial charge in [-0.25, -0.2) is 9.69 Å². The highest BCUT2D eigenvalue weighted by atomic mass is 16.2. The van der Waals surface area contributed by atoms with E-state index in [0.29, 0.717) is 31.1 Å². The summed E-state index contributed by atoms with van der Waals surface area (Å²) in [4.78, 5) is 43.3. The van der Waals surface area contributed by atoms with Crippen molar-refractivity contribution >= 4 is 23.5 Å². The molecule has 3 aliphatic heterocycles. The second-order valence-corrected chi connectivity index (χ2v) is 7.61. The zero-order chi connectivity index (χ0) is 17.3. The van der Waals surface area contributed by atoms with Gasteiger partial charge in [-0.3, -0.25) is 14.3 Å². The van der Waals surface area contributed by atoms with Crippen molar-refractivity contribution in [3.63, 3.8) is 0 Å². The van der Waals surface area contributed by atoms with E-state index in [-0.39, 0.29) is 29.8 Å². The lowest BCUT2D eigenvalue weighted by molar-refractivity contribution is -0.134. The van der Waals surface area contributed by atoms with E-state index in [4.69, 9.17) is 0 Å². The topological polar surface area (TPSA) is 78.8 Å². The number of carbonyl (C=O) groups is 3. The highest BCUT2D eigenvalue weighted by Crippen LogP contribution is 2.46. The molecule has 132 valence electrons. The third kappa shape index (κ3) is 1.93. The van der Waals surface area contributed by atoms with Crippen molar-refractivity contribution in [3.8, 4) is 0 Å². The average molecular weight is 343 g/mol. The maximum atomic E-state index is 13.0. The Morgan fingerprint density at radius 3 is 2.72 bits per heavy atom. The number of aromatic nitrogens is 2. The maximum Gasteiger partial charge on any atom is 0.328 e. The minimum absolute atomic E-state index is 0.161. The van der Waals surface area contributed by atoms with E-state index < -0.39 is 6.04 Å². The first kappa shape index (κ1) is 14.9. The van der Waals surface area contributed by atoms with Gasteiger partial charge in [0.2, 0.25) is 0 Å². The van der Waals surface area contributed by atoms with Gasteiger partial charge in [-0.2, -0.15) is 5.10 Å². The van der Waals surface area contributed by atoms with Gasteiger partial charge in [0.15, 0.2) is 0 Å².